The number of aromatic nitrogens is 2. The van der Waals surface area contributed by atoms with Gasteiger partial charge in [0.1, 0.15) is 6.20 Å². The van der Waals surface area contributed by atoms with Crippen molar-refractivity contribution in [3.8, 4) is 0 Å². The van der Waals surface area contributed by atoms with Gasteiger partial charge in [0, 0.05) is 7.05 Å². The van der Waals surface area contributed by atoms with E-state index in [1.807, 2.05) is 38.1 Å². The lowest BCUT2D eigenvalue weighted by molar-refractivity contribution is -0.384. The summed E-state index contributed by atoms with van der Waals surface area (Å²) in [5.41, 5.74) is 2.05. The molecular weight excluding hydrogens is 270 g/mol. The maximum absolute atomic E-state index is 11.0. The molecule has 1 heterocycles. The molecule has 2 rings (SSSR count). The second kappa shape index (κ2) is 6.17. The standard InChI is InChI=1S/C14H17N5O2/c1-9-4-6-11(7-5-9)10(2)17-13-12(19(20)21)8-16-14(15-3)18-13/h4-8,10H,1-3H3,(H2,15,16,17,18). The van der Waals surface area contributed by atoms with Crippen LogP contribution < -0.4 is 10.6 Å². The van der Waals surface area contributed by atoms with Crippen molar-refractivity contribution in [2.45, 2.75) is 19.9 Å². The summed E-state index contributed by atoms with van der Waals surface area (Å²) in [6.07, 6.45) is 1.20. The minimum absolute atomic E-state index is 0.107. The van der Waals surface area contributed by atoms with Crippen LogP contribution in [0.5, 0.6) is 0 Å². The van der Waals surface area contributed by atoms with Crippen LogP contribution in [0.15, 0.2) is 30.5 Å². The lowest BCUT2D eigenvalue weighted by Crippen LogP contribution is -2.11. The molecule has 1 atom stereocenters. The number of rotatable bonds is 5. The van der Waals surface area contributed by atoms with Crippen molar-refractivity contribution in [2.75, 3.05) is 17.7 Å². The zero-order chi connectivity index (χ0) is 15.4. The fraction of sp³-hybridized carbons (Fsp3) is 0.286. The van der Waals surface area contributed by atoms with Crippen LogP contribution in [0.4, 0.5) is 17.5 Å². The van der Waals surface area contributed by atoms with E-state index in [9.17, 15) is 10.1 Å². The van der Waals surface area contributed by atoms with Gasteiger partial charge in [0.05, 0.1) is 11.0 Å². The lowest BCUT2D eigenvalue weighted by atomic mass is 10.1. The van der Waals surface area contributed by atoms with E-state index in [1.54, 1.807) is 7.05 Å². The van der Waals surface area contributed by atoms with E-state index in [0.29, 0.717) is 5.95 Å². The van der Waals surface area contributed by atoms with Crippen molar-refractivity contribution in [3.05, 3.63) is 51.7 Å². The van der Waals surface area contributed by atoms with Crippen LogP contribution in [-0.4, -0.2) is 21.9 Å². The summed E-state index contributed by atoms with van der Waals surface area (Å²) in [6, 6.07) is 7.86. The van der Waals surface area contributed by atoms with E-state index in [2.05, 4.69) is 20.6 Å². The van der Waals surface area contributed by atoms with Crippen molar-refractivity contribution >= 4 is 17.5 Å². The van der Waals surface area contributed by atoms with Gasteiger partial charge in [0.2, 0.25) is 11.8 Å². The molecule has 0 spiro atoms. The molecule has 7 nitrogen and oxygen atoms in total. The molecule has 1 unspecified atom stereocenters. The van der Waals surface area contributed by atoms with Gasteiger partial charge in [-0.2, -0.15) is 4.98 Å². The largest absolute Gasteiger partial charge is 0.358 e. The molecule has 0 bridgehead atoms. The molecular formula is C14H17N5O2. The van der Waals surface area contributed by atoms with Crippen LogP contribution in [-0.2, 0) is 0 Å². The van der Waals surface area contributed by atoms with Gasteiger partial charge in [-0.05, 0) is 19.4 Å². The summed E-state index contributed by atoms with van der Waals surface area (Å²) in [4.78, 5) is 18.5. The minimum atomic E-state index is -0.496. The zero-order valence-corrected chi connectivity index (χ0v) is 12.1. The highest BCUT2D eigenvalue weighted by molar-refractivity contribution is 5.57. The Labute approximate surface area is 122 Å². The van der Waals surface area contributed by atoms with Gasteiger partial charge in [-0.15, -0.1) is 0 Å². The smallest absolute Gasteiger partial charge is 0.329 e. The molecule has 0 aliphatic carbocycles. The monoisotopic (exact) mass is 287 g/mol. The van der Waals surface area contributed by atoms with Crippen LogP contribution in [0.2, 0.25) is 0 Å². The first-order chi connectivity index (χ1) is 10.0. The van der Waals surface area contributed by atoms with Crippen molar-refractivity contribution in [1.29, 1.82) is 0 Å². The second-order valence-electron chi connectivity index (χ2n) is 4.71. The first kappa shape index (κ1) is 14.7. The maximum atomic E-state index is 11.0. The Balaban J connectivity index is 2.28. The van der Waals surface area contributed by atoms with Gasteiger partial charge in [0.15, 0.2) is 0 Å². The van der Waals surface area contributed by atoms with Crippen molar-refractivity contribution in [2.24, 2.45) is 0 Å². The molecule has 110 valence electrons. The average Bonchev–Trinajstić information content (AvgIpc) is 2.47. The highest BCUT2D eigenvalue weighted by Crippen LogP contribution is 2.26. The predicted octanol–water partition coefficient (Wildman–Crippen LogP) is 2.91. The summed E-state index contributed by atoms with van der Waals surface area (Å²) >= 11 is 0. The Hall–Kier alpha value is -2.70. The minimum Gasteiger partial charge on any atom is -0.358 e. The maximum Gasteiger partial charge on any atom is 0.329 e. The molecule has 1 aromatic carbocycles. The molecule has 2 N–H and O–H groups in total. The zero-order valence-electron chi connectivity index (χ0n) is 12.1. The summed E-state index contributed by atoms with van der Waals surface area (Å²) in [5, 5.41) is 16.9. The number of nitrogens with one attached hydrogen (secondary N) is 2. The van der Waals surface area contributed by atoms with Gasteiger partial charge in [-0.25, -0.2) is 4.98 Å². The van der Waals surface area contributed by atoms with Crippen molar-refractivity contribution in [3.63, 3.8) is 0 Å². The van der Waals surface area contributed by atoms with Gasteiger partial charge in [-0.1, -0.05) is 29.8 Å². The third kappa shape index (κ3) is 3.44. The van der Waals surface area contributed by atoms with E-state index < -0.39 is 4.92 Å². The fourth-order valence-corrected chi connectivity index (χ4v) is 1.88. The highest BCUT2D eigenvalue weighted by atomic mass is 16.6. The van der Waals surface area contributed by atoms with Gasteiger partial charge < -0.3 is 10.6 Å². The number of benzene rings is 1. The summed E-state index contributed by atoms with van der Waals surface area (Å²) in [5.74, 6) is 0.534. The van der Waals surface area contributed by atoms with E-state index in [1.165, 1.54) is 6.20 Å². The van der Waals surface area contributed by atoms with E-state index in [-0.39, 0.29) is 17.5 Å². The Kier molecular flexibility index (Phi) is 4.32. The number of anilines is 2. The Morgan fingerprint density at radius 2 is 1.95 bits per heavy atom. The Morgan fingerprint density at radius 3 is 2.52 bits per heavy atom. The summed E-state index contributed by atoms with van der Waals surface area (Å²) in [6.45, 7) is 3.94. The first-order valence-electron chi connectivity index (χ1n) is 6.53. The third-order valence-corrected chi connectivity index (χ3v) is 3.12. The normalized spacial score (nSPS) is 11.8. The second-order valence-corrected chi connectivity index (χ2v) is 4.71. The molecule has 0 amide bonds. The number of nitrogens with zero attached hydrogens (tertiary/aromatic N) is 3. The molecule has 0 radical (unpaired) electrons. The van der Waals surface area contributed by atoms with Crippen LogP contribution in [0.3, 0.4) is 0 Å². The van der Waals surface area contributed by atoms with Crippen LogP contribution in [0.25, 0.3) is 0 Å². The van der Waals surface area contributed by atoms with E-state index >= 15 is 0 Å². The number of aryl methyl sites for hydroxylation is 1. The van der Waals surface area contributed by atoms with E-state index in [0.717, 1.165) is 11.1 Å². The summed E-state index contributed by atoms with van der Waals surface area (Å²) < 4.78 is 0. The molecule has 21 heavy (non-hydrogen) atoms. The van der Waals surface area contributed by atoms with Gasteiger partial charge in [-0.3, -0.25) is 10.1 Å². The molecule has 0 saturated heterocycles. The third-order valence-electron chi connectivity index (χ3n) is 3.12. The number of hydrogen-bond acceptors (Lipinski definition) is 6. The Morgan fingerprint density at radius 1 is 1.29 bits per heavy atom. The number of hydrogen-bond donors (Lipinski definition) is 2. The predicted molar refractivity (Wildman–Crippen MR) is 81.4 cm³/mol. The van der Waals surface area contributed by atoms with Crippen molar-refractivity contribution < 1.29 is 4.92 Å². The van der Waals surface area contributed by atoms with Crippen LogP contribution in [0, 0.1) is 17.0 Å². The molecule has 0 aliphatic heterocycles. The van der Waals surface area contributed by atoms with E-state index in [4.69, 9.17) is 0 Å². The molecule has 0 fully saturated rings. The SMILES string of the molecule is CNc1ncc([N+](=O)[O-])c(NC(C)c2ccc(C)cc2)n1. The average molecular weight is 287 g/mol. The fourth-order valence-electron chi connectivity index (χ4n) is 1.88. The molecule has 2 aromatic rings. The first-order valence-corrected chi connectivity index (χ1v) is 6.53. The van der Waals surface area contributed by atoms with Gasteiger partial charge in [0.25, 0.3) is 0 Å². The number of nitro groups is 1. The molecule has 0 saturated carbocycles. The Bertz CT molecular complexity index is 642. The molecule has 7 heteroatoms. The topological polar surface area (TPSA) is 93.0 Å². The highest BCUT2D eigenvalue weighted by Gasteiger charge is 2.19. The quantitative estimate of drug-likeness (QED) is 0.648. The molecule has 0 aliphatic rings. The van der Waals surface area contributed by atoms with Crippen LogP contribution in [0.1, 0.15) is 24.1 Å². The van der Waals surface area contributed by atoms with Gasteiger partial charge >= 0.3 is 5.69 Å². The summed E-state index contributed by atoms with van der Waals surface area (Å²) in [7, 11) is 1.66. The van der Waals surface area contributed by atoms with Crippen molar-refractivity contribution in [1.82, 2.24) is 9.97 Å². The lowest BCUT2D eigenvalue weighted by Gasteiger charge is -2.15. The molecule has 1 aromatic heterocycles. The van der Waals surface area contributed by atoms with Crippen LogP contribution >= 0.6 is 0 Å².